The van der Waals surface area contributed by atoms with Gasteiger partial charge in [-0.25, -0.2) is 18.4 Å². The van der Waals surface area contributed by atoms with Crippen LogP contribution in [0.2, 0.25) is 0 Å². The normalized spacial score (nSPS) is 15.3. The highest BCUT2D eigenvalue weighted by atomic mass is 19.1. The van der Waals surface area contributed by atoms with E-state index in [9.17, 15) is 18.4 Å². The van der Waals surface area contributed by atoms with E-state index in [0.29, 0.717) is 89.2 Å². The smallest absolute Gasteiger partial charge is 0.349 e. The van der Waals surface area contributed by atoms with Crippen molar-refractivity contribution in [2.24, 2.45) is 0 Å². The van der Waals surface area contributed by atoms with Gasteiger partial charge >= 0.3 is 11.9 Å². The fourth-order valence-electron chi connectivity index (χ4n) is 9.77. The number of rotatable bonds is 21. The summed E-state index contributed by atoms with van der Waals surface area (Å²) in [5.74, 6) is -0.464. The zero-order valence-electron chi connectivity index (χ0n) is 39.8. The van der Waals surface area contributed by atoms with Crippen molar-refractivity contribution in [1.29, 1.82) is 0 Å². The highest BCUT2D eigenvalue weighted by Gasteiger charge is 2.27. The molecule has 68 heavy (non-hydrogen) atoms. The summed E-state index contributed by atoms with van der Waals surface area (Å²) in [5, 5.41) is 1.92. The van der Waals surface area contributed by atoms with Gasteiger partial charge in [0.15, 0.2) is 0 Å². The van der Waals surface area contributed by atoms with Gasteiger partial charge in [0.2, 0.25) is 0 Å². The molecule has 2 aliphatic heterocycles. The number of carbonyl (C=O) groups is 2. The molecule has 4 heterocycles. The lowest BCUT2D eigenvalue weighted by atomic mass is 9.89. The number of likely N-dealkylation sites (tertiary alicyclic amines) is 2. The van der Waals surface area contributed by atoms with Crippen LogP contribution in [0.25, 0.3) is 21.8 Å². The molecule has 0 atom stereocenters. The Morgan fingerprint density at radius 3 is 1.62 bits per heavy atom. The number of fused-ring (bicyclic) bond motifs is 2. The molecular formula is C54H64F2N4O8. The summed E-state index contributed by atoms with van der Waals surface area (Å²) >= 11 is 0. The van der Waals surface area contributed by atoms with Crippen LogP contribution < -0.4 is 14.2 Å². The monoisotopic (exact) mass is 934 g/mol. The predicted molar refractivity (Wildman–Crippen MR) is 259 cm³/mol. The fraction of sp³-hybridized carbons (Fsp3) is 0.444. The molecule has 0 aliphatic carbocycles. The Morgan fingerprint density at radius 2 is 1.10 bits per heavy atom. The second-order valence-corrected chi connectivity index (χ2v) is 17.7. The van der Waals surface area contributed by atoms with Crippen molar-refractivity contribution in [3.8, 4) is 17.2 Å². The zero-order chi connectivity index (χ0) is 47.6. The highest BCUT2D eigenvalue weighted by molar-refractivity contribution is 6.05. The molecule has 12 nitrogen and oxygen atoms in total. The van der Waals surface area contributed by atoms with Gasteiger partial charge in [-0.2, -0.15) is 0 Å². The first kappa shape index (κ1) is 48.6. The van der Waals surface area contributed by atoms with Crippen LogP contribution in [0.15, 0.2) is 85.2 Å². The molecule has 0 radical (unpaired) electrons. The molecule has 2 fully saturated rings. The SMILES string of the molecule is CCOCCn1cc(C2CCN(CCOc3cc(OC)ccc3C(=O)OC(=O)c3cc(C)ccc3OCCN3CCC(c4cn(CCOCC)c5ccc(F)cc45)CC3)CC2)c2cc(F)ccc21. The minimum atomic E-state index is -0.846. The largest absolute Gasteiger partial charge is 0.497 e. The van der Waals surface area contributed by atoms with Crippen molar-refractivity contribution in [3.05, 3.63) is 125 Å². The molecule has 2 aromatic heterocycles. The Balaban J connectivity index is 0.833. The topological polar surface area (TPSA) is 106 Å². The molecule has 8 rings (SSSR count). The van der Waals surface area contributed by atoms with E-state index < -0.39 is 11.9 Å². The van der Waals surface area contributed by atoms with E-state index in [2.05, 4.69) is 31.3 Å². The van der Waals surface area contributed by atoms with Crippen LogP contribution in [0.5, 0.6) is 17.2 Å². The number of methoxy groups -OCH3 is 1. The fourth-order valence-corrected chi connectivity index (χ4v) is 9.77. The number of ether oxygens (including phenoxy) is 6. The van der Waals surface area contributed by atoms with Crippen LogP contribution in [-0.2, 0) is 27.3 Å². The molecule has 2 aliphatic rings. The Kier molecular flexibility index (Phi) is 16.5. The third-order valence-corrected chi connectivity index (χ3v) is 13.4. The van der Waals surface area contributed by atoms with E-state index in [1.54, 1.807) is 42.5 Å². The van der Waals surface area contributed by atoms with Crippen molar-refractivity contribution < 1.29 is 46.8 Å². The average Bonchev–Trinajstić information content (AvgIpc) is 3.89. The predicted octanol–water partition coefficient (Wildman–Crippen LogP) is 9.78. The van der Waals surface area contributed by atoms with E-state index in [4.69, 9.17) is 28.4 Å². The van der Waals surface area contributed by atoms with Gasteiger partial charge in [0, 0.05) is 79.7 Å². The molecule has 2 saturated heterocycles. The van der Waals surface area contributed by atoms with E-state index in [1.165, 1.54) is 30.4 Å². The molecule has 0 bridgehead atoms. The van der Waals surface area contributed by atoms with Crippen LogP contribution in [0.1, 0.15) is 88.8 Å². The minimum Gasteiger partial charge on any atom is -0.497 e. The minimum absolute atomic E-state index is 0.101. The number of hydrogen-bond donors (Lipinski definition) is 0. The van der Waals surface area contributed by atoms with E-state index in [0.717, 1.165) is 79.2 Å². The number of halogens is 2. The molecule has 362 valence electrons. The number of aromatic nitrogens is 2. The summed E-state index contributed by atoms with van der Waals surface area (Å²) in [7, 11) is 1.53. The van der Waals surface area contributed by atoms with Crippen LogP contribution in [0, 0.1) is 18.6 Å². The van der Waals surface area contributed by atoms with Crippen molar-refractivity contribution in [2.45, 2.75) is 71.4 Å². The van der Waals surface area contributed by atoms with Gasteiger partial charge in [-0.15, -0.1) is 0 Å². The number of aryl methyl sites for hydroxylation is 1. The standard InChI is InChI=1S/C54H64F2N4O8/c1-5-64-27-25-59-35-47(44-32-40(55)8-12-49(44)59)38-15-19-57(20-16-38)23-29-66-51-14-7-37(3)31-46(51)54(62)68-53(61)43-11-10-42(63-4)34-52(43)67-30-24-58-21-17-39(18-22-58)48-36-60(26-28-65-6-2)50-13-9-41(56)33-45(48)50/h7-14,31-36,38-39H,5-6,15-30H2,1-4H3. The van der Waals surface area contributed by atoms with Crippen LogP contribution in [-0.4, -0.2) is 117 Å². The quantitative estimate of drug-likeness (QED) is 0.0394. The molecule has 4 aromatic carbocycles. The summed E-state index contributed by atoms with van der Waals surface area (Å²) in [4.78, 5) is 32.0. The van der Waals surface area contributed by atoms with Crippen molar-refractivity contribution >= 4 is 33.7 Å². The van der Waals surface area contributed by atoms with Crippen molar-refractivity contribution in [1.82, 2.24) is 18.9 Å². The van der Waals surface area contributed by atoms with E-state index in [1.807, 2.05) is 39.0 Å². The zero-order valence-corrected chi connectivity index (χ0v) is 39.8. The first-order valence-electron chi connectivity index (χ1n) is 24.1. The van der Waals surface area contributed by atoms with Gasteiger partial charge in [-0.3, -0.25) is 9.80 Å². The Hall–Kier alpha value is -5.80. The van der Waals surface area contributed by atoms with Crippen LogP contribution >= 0.6 is 0 Å². The number of carbonyl (C=O) groups excluding carboxylic acids is 2. The second-order valence-electron chi connectivity index (χ2n) is 17.7. The summed E-state index contributed by atoms with van der Waals surface area (Å²) in [6.07, 6.45) is 8.01. The Morgan fingerprint density at radius 1 is 0.588 bits per heavy atom. The summed E-state index contributed by atoms with van der Waals surface area (Å²) in [5.41, 5.74) is 5.46. The maximum atomic E-state index is 14.4. The van der Waals surface area contributed by atoms with Crippen LogP contribution in [0.4, 0.5) is 8.78 Å². The Bertz CT molecular complexity index is 2660. The number of piperidine rings is 2. The highest BCUT2D eigenvalue weighted by Crippen LogP contribution is 2.37. The third kappa shape index (κ3) is 11.7. The first-order valence-corrected chi connectivity index (χ1v) is 24.1. The van der Waals surface area contributed by atoms with E-state index in [-0.39, 0.29) is 28.5 Å². The number of esters is 2. The first-order chi connectivity index (χ1) is 33.1. The molecule has 0 unspecified atom stereocenters. The van der Waals surface area contributed by atoms with Gasteiger partial charge in [0.25, 0.3) is 0 Å². The van der Waals surface area contributed by atoms with Crippen molar-refractivity contribution in [3.63, 3.8) is 0 Å². The molecule has 6 aromatic rings. The average molecular weight is 935 g/mol. The lowest BCUT2D eigenvalue weighted by Crippen LogP contribution is -2.36. The van der Waals surface area contributed by atoms with Gasteiger partial charge in [0.1, 0.15) is 53.2 Å². The van der Waals surface area contributed by atoms with Gasteiger partial charge in [0.05, 0.1) is 20.3 Å². The Labute approximate surface area is 397 Å². The number of hydrogen-bond acceptors (Lipinski definition) is 10. The number of nitrogens with zero attached hydrogens (tertiary/aromatic N) is 4. The van der Waals surface area contributed by atoms with Gasteiger partial charge < -0.3 is 37.6 Å². The van der Waals surface area contributed by atoms with E-state index >= 15 is 0 Å². The van der Waals surface area contributed by atoms with Crippen LogP contribution in [0.3, 0.4) is 0 Å². The van der Waals surface area contributed by atoms with Gasteiger partial charge in [-0.05, 0) is 156 Å². The molecular weight excluding hydrogens is 871 g/mol. The lowest BCUT2D eigenvalue weighted by molar-refractivity contribution is 0.0391. The summed E-state index contributed by atoms with van der Waals surface area (Å²) in [6, 6.07) is 20.1. The molecule has 0 N–H and O–H groups in total. The van der Waals surface area contributed by atoms with Gasteiger partial charge in [-0.1, -0.05) is 11.6 Å². The molecule has 0 spiro atoms. The maximum absolute atomic E-state index is 14.4. The molecule has 14 heteroatoms. The lowest BCUT2D eigenvalue weighted by Gasteiger charge is -2.32. The summed E-state index contributed by atoms with van der Waals surface area (Å²) in [6.45, 7) is 15.0. The third-order valence-electron chi connectivity index (χ3n) is 13.4. The molecule has 0 amide bonds. The second kappa shape index (κ2) is 23.0. The maximum Gasteiger partial charge on any atom is 0.349 e. The number of benzene rings is 4. The van der Waals surface area contributed by atoms with Crippen molar-refractivity contribution in [2.75, 3.05) is 86.0 Å². The molecule has 0 saturated carbocycles. The summed E-state index contributed by atoms with van der Waals surface area (Å²) < 4.78 is 67.7.